The Hall–Kier alpha value is -1.70. The van der Waals surface area contributed by atoms with Gasteiger partial charge in [0.25, 0.3) is 0 Å². The van der Waals surface area contributed by atoms with Gasteiger partial charge in [-0.15, -0.1) is 0 Å². The van der Waals surface area contributed by atoms with Crippen molar-refractivity contribution in [2.45, 2.75) is 38.8 Å². The van der Waals surface area contributed by atoms with Gasteiger partial charge >= 0.3 is 0 Å². The smallest absolute Gasteiger partial charge is 0.243 e. The average molecular weight is 334 g/mol. The molecule has 1 fully saturated rings. The van der Waals surface area contributed by atoms with Crippen molar-refractivity contribution in [2.24, 2.45) is 0 Å². The number of rotatable bonds is 7. The Morgan fingerprint density at radius 1 is 1.29 bits per heavy atom. The molecule has 7 heteroatoms. The van der Waals surface area contributed by atoms with Crippen molar-refractivity contribution in [3.8, 4) is 0 Å². The molecule has 1 aliphatic heterocycles. The van der Waals surface area contributed by atoms with Crippen LogP contribution in [0.5, 0.6) is 0 Å². The van der Waals surface area contributed by atoms with Crippen LogP contribution in [0, 0.1) is 0 Å². The van der Waals surface area contributed by atoms with Gasteiger partial charge in [0, 0.05) is 39.1 Å². The minimum absolute atomic E-state index is 0.125. The van der Waals surface area contributed by atoms with Gasteiger partial charge in [0.15, 0.2) is 5.82 Å². The van der Waals surface area contributed by atoms with Crippen LogP contribution in [0.3, 0.4) is 0 Å². The molecule has 2 aromatic heterocycles. The van der Waals surface area contributed by atoms with E-state index in [-0.39, 0.29) is 6.04 Å². The standard InChI is InChI=1S/C17H26N4O3/c1-3-5-16-18-17(24-19-16)13(2)21-9-7-20(8-10-21)12-14(22)15-6-4-11-23-15/h4,6,11,13-14,22H,3,5,7-10,12H2,1-2H3/t13-,14-/m0/s1. The number of nitrogens with zero attached hydrogens (tertiary/aromatic N) is 4. The molecule has 2 atom stereocenters. The molecular formula is C17H26N4O3. The Kier molecular flexibility index (Phi) is 5.65. The van der Waals surface area contributed by atoms with Crippen molar-refractivity contribution in [1.29, 1.82) is 0 Å². The second-order valence-electron chi connectivity index (χ2n) is 6.34. The van der Waals surface area contributed by atoms with E-state index < -0.39 is 6.10 Å². The SMILES string of the molecule is CCCc1noc([C@H](C)N2CCN(C[C@H](O)c3ccco3)CC2)n1. The highest BCUT2D eigenvalue weighted by Crippen LogP contribution is 2.22. The molecule has 1 aliphatic rings. The van der Waals surface area contributed by atoms with E-state index in [1.165, 1.54) is 0 Å². The second-order valence-corrected chi connectivity index (χ2v) is 6.34. The molecule has 1 N–H and O–H groups in total. The third-order valence-electron chi connectivity index (χ3n) is 4.57. The largest absolute Gasteiger partial charge is 0.467 e. The minimum atomic E-state index is -0.573. The fraction of sp³-hybridized carbons (Fsp3) is 0.647. The van der Waals surface area contributed by atoms with E-state index in [2.05, 4.69) is 33.8 Å². The van der Waals surface area contributed by atoms with Crippen LogP contribution in [0.2, 0.25) is 0 Å². The summed E-state index contributed by atoms with van der Waals surface area (Å²) in [6.45, 7) is 8.44. The monoisotopic (exact) mass is 334 g/mol. The Bertz CT molecular complexity index is 605. The number of piperazine rings is 1. The molecule has 7 nitrogen and oxygen atoms in total. The number of furan rings is 1. The van der Waals surface area contributed by atoms with E-state index in [4.69, 9.17) is 8.94 Å². The maximum absolute atomic E-state index is 10.2. The van der Waals surface area contributed by atoms with Crippen LogP contribution < -0.4 is 0 Å². The number of hydrogen-bond donors (Lipinski definition) is 1. The van der Waals surface area contributed by atoms with Crippen molar-refractivity contribution in [3.63, 3.8) is 0 Å². The van der Waals surface area contributed by atoms with Gasteiger partial charge < -0.3 is 14.0 Å². The van der Waals surface area contributed by atoms with Gasteiger partial charge in [0.05, 0.1) is 12.3 Å². The molecular weight excluding hydrogens is 308 g/mol. The van der Waals surface area contributed by atoms with Crippen LogP contribution in [0.1, 0.15) is 49.9 Å². The summed E-state index contributed by atoms with van der Waals surface area (Å²) in [4.78, 5) is 9.09. The van der Waals surface area contributed by atoms with Crippen LogP contribution >= 0.6 is 0 Å². The molecule has 0 bridgehead atoms. The first-order valence-electron chi connectivity index (χ1n) is 8.67. The molecule has 132 valence electrons. The number of aromatic nitrogens is 2. The van der Waals surface area contributed by atoms with Gasteiger partial charge in [-0.3, -0.25) is 9.80 Å². The van der Waals surface area contributed by atoms with Crippen LogP contribution in [0.25, 0.3) is 0 Å². The molecule has 0 spiro atoms. The van der Waals surface area contributed by atoms with Gasteiger partial charge in [-0.2, -0.15) is 4.98 Å². The average Bonchev–Trinajstić information content (AvgIpc) is 3.27. The van der Waals surface area contributed by atoms with Gasteiger partial charge in [0.1, 0.15) is 11.9 Å². The number of β-amino-alcohol motifs (C(OH)–C–C–N with tert-alkyl or cyclic N) is 1. The molecule has 0 saturated carbocycles. The summed E-state index contributed by atoms with van der Waals surface area (Å²) >= 11 is 0. The number of aliphatic hydroxyl groups is 1. The molecule has 2 aromatic rings. The maximum Gasteiger partial charge on any atom is 0.243 e. The third-order valence-corrected chi connectivity index (χ3v) is 4.57. The molecule has 0 aliphatic carbocycles. The van der Waals surface area contributed by atoms with E-state index in [9.17, 15) is 5.11 Å². The number of aryl methyl sites for hydroxylation is 1. The highest BCUT2D eigenvalue weighted by molar-refractivity contribution is 5.02. The lowest BCUT2D eigenvalue weighted by atomic mass is 10.2. The zero-order chi connectivity index (χ0) is 16.9. The quantitative estimate of drug-likeness (QED) is 0.830. The summed E-state index contributed by atoms with van der Waals surface area (Å²) < 4.78 is 10.7. The van der Waals surface area contributed by atoms with Crippen molar-refractivity contribution in [3.05, 3.63) is 35.9 Å². The normalized spacial score (nSPS) is 19.5. The van der Waals surface area contributed by atoms with Crippen LogP contribution in [0.4, 0.5) is 0 Å². The molecule has 3 heterocycles. The van der Waals surface area contributed by atoms with Gasteiger partial charge in [-0.25, -0.2) is 0 Å². The molecule has 1 saturated heterocycles. The van der Waals surface area contributed by atoms with E-state index in [1.54, 1.807) is 12.3 Å². The first kappa shape index (κ1) is 17.1. The lowest BCUT2D eigenvalue weighted by Gasteiger charge is -2.37. The maximum atomic E-state index is 10.2. The number of aliphatic hydroxyl groups excluding tert-OH is 1. The molecule has 0 amide bonds. The molecule has 24 heavy (non-hydrogen) atoms. The minimum Gasteiger partial charge on any atom is -0.467 e. The van der Waals surface area contributed by atoms with E-state index in [0.29, 0.717) is 18.2 Å². The summed E-state index contributed by atoms with van der Waals surface area (Å²) in [5.74, 6) is 2.11. The first-order valence-corrected chi connectivity index (χ1v) is 8.67. The summed E-state index contributed by atoms with van der Waals surface area (Å²) in [7, 11) is 0. The highest BCUT2D eigenvalue weighted by atomic mass is 16.5. The topological polar surface area (TPSA) is 78.8 Å². The Morgan fingerprint density at radius 3 is 2.75 bits per heavy atom. The third kappa shape index (κ3) is 4.03. The Labute approximate surface area is 142 Å². The predicted octanol–water partition coefficient (Wildman–Crippen LogP) is 2.03. The summed E-state index contributed by atoms with van der Waals surface area (Å²) in [6.07, 6.45) is 2.89. The predicted molar refractivity (Wildman–Crippen MR) is 88.4 cm³/mol. The van der Waals surface area contributed by atoms with E-state index in [1.807, 2.05) is 6.07 Å². The van der Waals surface area contributed by atoms with Crippen LogP contribution in [0.15, 0.2) is 27.3 Å². The fourth-order valence-corrected chi connectivity index (χ4v) is 3.07. The zero-order valence-corrected chi connectivity index (χ0v) is 14.4. The number of hydrogen-bond acceptors (Lipinski definition) is 7. The zero-order valence-electron chi connectivity index (χ0n) is 14.4. The second kappa shape index (κ2) is 7.92. The lowest BCUT2D eigenvalue weighted by molar-refractivity contribution is 0.0452. The van der Waals surface area contributed by atoms with Crippen LogP contribution in [-0.2, 0) is 6.42 Å². The van der Waals surface area contributed by atoms with E-state index >= 15 is 0 Å². The Morgan fingerprint density at radius 2 is 2.08 bits per heavy atom. The first-order chi connectivity index (χ1) is 11.7. The van der Waals surface area contributed by atoms with E-state index in [0.717, 1.165) is 44.8 Å². The summed E-state index contributed by atoms with van der Waals surface area (Å²) in [5, 5.41) is 14.2. The fourth-order valence-electron chi connectivity index (χ4n) is 3.07. The molecule has 0 radical (unpaired) electrons. The molecule has 3 rings (SSSR count). The highest BCUT2D eigenvalue weighted by Gasteiger charge is 2.27. The van der Waals surface area contributed by atoms with Crippen molar-refractivity contribution >= 4 is 0 Å². The van der Waals surface area contributed by atoms with Gasteiger partial charge in [-0.05, 0) is 25.5 Å². The lowest BCUT2D eigenvalue weighted by Crippen LogP contribution is -2.48. The van der Waals surface area contributed by atoms with Gasteiger partial charge in [-0.1, -0.05) is 12.1 Å². The summed E-state index contributed by atoms with van der Waals surface area (Å²) in [5.41, 5.74) is 0. The van der Waals surface area contributed by atoms with Crippen molar-refractivity contribution in [2.75, 3.05) is 32.7 Å². The van der Waals surface area contributed by atoms with Gasteiger partial charge in [0.2, 0.25) is 5.89 Å². The Balaban J connectivity index is 1.49. The van der Waals surface area contributed by atoms with Crippen molar-refractivity contribution < 1.29 is 14.0 Å². The molecule has 0 unspecified atom stereocenters. The summed E-state index contributed by atoms with van der Waals surface area (Å²) in [6, 6.07) is 3.74. The molecule has 0 aromatic carbocycles. The van der Waals surface area contributed by atoms with Crippen molar-refractivity contribution in [1.82, 2.24) is 19.9 Å². The van der Waals surface area contributed by atoms with Crippen LogP contribution in [-0.4, -0.2) is 57.8 Å².